The number of nitrogens with one attached hydrogen (secondary N) is 1. The van der Waals surface area contributed by atoms with Gasteiger partial charge in [0.1, 0.15) is 0 Å². The molecule has 0 fully saturated rings. The Morgan fingerprint density at radius 3 is 1.65 bits per heavy atom. The molecular weight excluding hydrogens is 250 g/mol. The van der Waals surface area contributed by atoms with E-state index in [9.17, 15) is 0 Å². The van der Waals surface area contributed by atoms with Crippen LogP contribution in [-0.2, 0) is 9.47 Å². The van der Waals surface area contributed by atoms with Crippen LogP contribution in [0.1, 0.15) is 75.7 Å². The molecule has 0 radical (unpaired) electrons. The Bertz CT molecular complexity index is 282. The van der Waals surface area contributed by atoms with Gasteiger partial charge < -0.3 is 14.8 Å². The molecule has 0 heterocycles. The molecule has 0 bridgehead atoms. The molecule has 0 aromatic heterocycles. The third-order valence-electron chi connectivity index (χ3n) is 2.78. The summed E-state index contributed by atoms with van der Waals surface area (Å²) in [5, 5.41) is 3.50. The maximum atomic E-state index is 6.09. The van der Waals surface area contributed by atoms with Gasteiger partial charge in [0.15, 0.2) is 0 Å². The van der Waals surface area contributed by atoms with Gasteiger partial charge in [-0.05, 0) is 82.2 Å². The van der Waals surface area contributed by atoms with Crippen molar-refractivity contribution in [3.05, 3.63) is 0 Å². The average molecular weight is 287 g/mol. The highest BCUT2D eigenvalue weighted by molar-refractivity contribution is 4.79. The Hall–Kier alpha value is -0.120. The number of rotatable bonds is 7. The number of hydrogen-bond acceptors (Lipinski definition) is 3. The largest absolute Gasteiger partial charge is 0.373 e. The second kappa shape index (κ2) is 6.76. The van der Waals surface area contributed by atoms with E-state index < -0.39 is 0 Å². The van der Waals surface area contributed by atoms with Crippen molar-refractivity contribution in [2.75, 3.05) is 13.2 Å². The van der Waals surface area contributed by atoms with Gasteiger partial charge in [-0.1, -0.05) is 0 Å². The summed E-state index contributed by atoms with van der Waals surface area (Å²) in [7, 11) is 0. The van der Waals surface area contributed by atoms with Gasteiger partial charge in [-0.3, -0.25) is 0 Å². The molecule has 0 aromatic carbocycles. The van der Waals surface area contributed by atoms with Gasteiger partial charge in [0, 0.05) is 5.54 Å². The van der Waals surface area contributed by atoms with E-state index >= 15 is 0 Å². The first-order chi connectivity index (χ1) is 8.62. The Kier molecular flexibility index (Phi) is 6.72. The molecule has 122 valence electrons. The smallest absolute Gasteiger partial charge is 0.0866 e. The van der Waals surface area contributed by atoms with Crippen molar-refractivity contribution in [2.45, 2.75) is 98.0 Å². The van der Waals surface area contributed by atoms with Crippen LogP contribution in [0.4, 0.5) is 0 Å². The number of ether oxygens (including phenoxy) is 2. The van der Waals surface area contributed by atoms with Crippen molar-refractivity contribution in [3.63, 3.8) is 0 Å². The predicted octanol–water partition coefficient (Wildman–Crippen LogP) is 4.15. The van der Waals surface area contributed by atoms with Crippen LogP contribution in [0.2, 0.25) is 0 Å². The lowest BCUT2D eigenvalue weighted by Crippen LogP contribution is -2.43. The van der Waals surface area contributed by atoms with Crippen LogP contribution in [0.5, 0.6) is 0 Å². The zero-order valence-electron chi connectivity index (χ0n) is 15.4. The fourth-order valence-corrected chi connectivity index (χ4v) is 2.04. The highest BCUT2D eigenvalue weighted by Gasteiger charge is 2.29. The van der Waals surface area contributed by atoms with E-state index in [2.05, 4.69) is 74.6 Å². The van der Waals surface area contributed by atoms with Gasteiger partial charge in [-0.15, -0.1) is 0 Å². The summed E-state index contributed by atoms with van der Waals surface area (Å²) in [6.07, 6.45) is 0.982. The third-order valence-corrected chi connectivity index (χ3v) is 2.78. The quantitative estimate of drug-likeness (QED) is 0.763. The number of hydrogen-bond donors (Lipinski definition) is 1. The zero-order chi connectivity index (χ0) is 16.2. The summed E-state index contributed by atoms with van der Waals surface area (Å²) in [5.74, 6) is 0. The first-order valence-electron chi connectivity index (χ1n) is 7.71. The maximum Gasteiger partial charge on any atom is 0.0866 e. The average Bonchev–Trinajstić information content (AvgIpc) is 2.08. The monoisotopic (exact) mass is 287 g/mol. The Labute approximate surface area is 126 Å². The van der Waals surface area contributed by atoms with Crippen molar-refractivity contribution in [3.8, 4) is 0 Å². The van der Waals surface area contributed by atoms with Crippen LogP contribution in [0, 0.1) is 0 Å². The van der Waals surface area contributed by atoms with Crippen molar-refractivity contribution in [1.82, 2.24) is 5.32 Å². The van der Waals surface area contributed by atoms with E-state index in [1.54, 1.807) is 0 Å². The lowest BCUT2D eigenvalue weighted by Gasteiger charge is -2.37. The molecule has 0 aromatic rings. The van der Waals surface area contributed by atoms with Gasteiger partial charge in [-0.2, -0.15) is 0 Å². The van der Waals surface area contributed by atoms with Crippen molar-refractivity contribution < 1.29 is 9.47 Å². The normalized spacial score (nSPS) is 14.7. The summed E-state index contributed by atoms with van der Waals surface area (Å²) < 4.78 is 12.1. The van der Waals surface area contributed by atoms with Gasteiger partial charge in [-0.25, -0.2) is 0 Å². The molecule has 0 saturated heterocycles. The highest BCUT2D eigenvalue weighted by Crippen LogP contribution is 2.23. The summed E-state index contributed by atoms with van der Waals surface area (Å²) in [4.78, 5) is 0. The molecule has 20 heavy (non-hydrogen) atoms. The SMILES string of the molecule is CC(C)(C)NCCC(C)(C)OCC(C)(C)OC(C)(C)C. The van der Waals surface area contributed by atoms with Crippen LogP contribution in [0.3, 0.4) is 0 Å². The fraction of sp³-hybridized carbons (Fsp3) is 1.00. The van der Waals surface area contributed by atoms with E-state index in [1.165, 1.54) is 0 Å². The molecule has 0 aliphatic heterocycles. The molecule has 0 spiro atoms. The minimum atomic E-state index is -0.271. The molecule has 0 aliphatic rings. The van der Waals surface area contributed by atoms with Crippen LogP contribution in [0.25, 0.3) is 0 Å². The standard InChI is InChI=1S/C17H37NO2/c1-14(2,3)18-12-11-16(7,8)19-13-17(9,10)20-15(4,5)6/h18H,11-13H2,1-10H3. The lowest BCUT2D eigenvalue weighted by atomic mass is 10.0. The first kappa shape index (κ1) is 19.9. The topological polar surface area (TPSA) is 30.5 Å². The van der Waals surface area contributed by atoms with Crippen molar-refractivity contribution >= 4 is 0 Å². The minimum Gasteiger partial charge on any atom is -0.373 e. The molecular formula is C17H37NO2. The molecule has 0 rings (SSSR count). The van der Waals surface area contributed by atoms with E-state index in [-0.39, 0.29) is 22.3 Å². The molecule has 3 nitrogen and oxygen atoms in total. The third kappa shape index (κ3) is 11.7. The molecule has 0 atom stereocenters. The molecule has 0 saturated carbocycles. The second-order valence-corrected chi connectivity index (χ2v) is 8.95. The summed E-state index contributed by atoms with van der Waals surface area (Å²) in [6.45, 7) is 22.8. The fourth-order valence-electron chi connectivity index (χ4n) is 2.04. The molecule has 0 amide bonds. The first-order valence-corrected chi connectivity index (χ1v) is 7.71. The van der Waals surface area contributed by atoms with Crippen LogP contribution >= 0.6 is 0 Å². The van der Waals surface area contributed by atoms with E-state index in [0.29, 0.717) is 6.61 Å². The van der Waals surface area contributed by atoms with E-state index in [1.807, 2.05) is 0 Å². The van der Waals surface area contributed by atoms with Gasteiger partial charge >= 0.3 is 0 Å². The summed E-state index contributed by atoms with van der Waals surface area (Å²) in [6, 6.07) is 0. The van der Waals surface area contributed by atoms with Gasteiger partial charge in [0.2, 0.25) is 0 Å². The van der Waals surface area contributed by atoms with Gasteiger partial charge in [0.25, 0.3) is 0 Å². The summed E-state index contributed by atoms with van der Waals surface area (Å²) >= 11 is 0. The van der Waals surface area contributed by atoms with Crippen molar-refractivity contribution in [2.24, 2.45) is 0 Å². The van der Waals surface area contributed by atoms with Crippen molar-refractivity contribution in [1.29, 1.82) is 0 Å². The lowest BCUT2D eigenvalue weighted by molar-refractivity contribution is -0.167. The Balaban J connectivity index is 4.20. The zero-order valence-corrected chi connectivity index (χ0v) is 15.4. The molecule has 3 heteroatoms. The predicted molar refractivity (Wildman–Crippen MR) is 87.3 cm³/mol. The summed E-state index contributed by atoms with van der Waals surface area (Å²) in [5.41, 5.74) is -0.404. The van der Waals surface area contributed by atoms with Crippen LogP contribution in [0.15, 0.2) is 0 Å². The molecule has 0 aliphatic carbocycles. The minimum absolute atomic E-state index is 0.142. The molecule has 0 unspecified atom stereocenters. The second-order valence-electron chi connectivity index (χ2n) is 8.95. The van der Waals surface area contributed by atoms with E-state index in [4.69, 9.17) is 9.47 Å². The Morgan fingerprint density at radius 2 is 1.25 bits per heavy atom. The molecule has 1 N–H and O–H groups in total. The van der Waals surface area contributed by atoms with E-state index in [0.717, 1.165) is 13.0 Å². The van der Waals surface area contributed by atoms with Crippen LogP contribution in [-0.4, -0.2) is 35.5 Å². The highest BCUT2D eigenvalue weighted by atomic mass is 16.6. The maximum absolute atomic E-state index is 6.09. The van der Waals surface area contributed by atoms with Crippen LogP contribution < -0.4 is 5.32 Å². The van der Waals surface area contributed by atoms with Gasteiger partial charge in [0.05, 0.1) is 23.4 Å². The Morgan fingerprint density at radius 1 is 0.750 bits per heavy atom.